The van der Waals surface area contributed by atoms with Gasteiger partial charge in [0.05, 0.1) is 24.3 Å². The highest BCUT2D eigenvalue weighted by Gasteiger charge is 2.26. The molecule has 1 unspecified atom stereocenters. The molecule has 1 aromatic carbocycles. The number of rotatable bonds is 7. The molecule has 1 N–H and O–H groups in total. The van der Waals surface area contributed by atoms with Crippen molar-refractivity contribution < 1.29 is 19.4 Å². The van der Waals surface area contributed by atoms with Crippen LogP contribution in [0.3, 0.4) is 0 Å². The lowest BCUT2D eigenvalue weighted by Crippen LogP contribution is -2.33. The van der Waals surface area contributed by atoms with Crippen molar-refractivity contribution in [3.8, 4) is 0 Å². The first-order valence-electron chi connectivity index (χ1n) is 9.28. The molecular formula is C20H24N4O4. The molecule has 2 aromatic rings. The summed E-state index contributed by atoms with van der Waals surface area (Å²) in [5.41, 5.74) is 1.71. The first-order chi connectivity index (χ1) is 13.5. The first kappa shape index (κ1) is 19.6. The summed E-state index contributed by atoms with van der Waals surface area (Å²) in [6.45, 7) is 6.63. The predicted molar refractivity (Wildman–Crippen MR) is 103 cm³/mol. The Kier molecular flexibility index (Phi) is 6.08. The van der Waals surface area contributed by atoms with Crippen molar-refractivity contribution in [1.29, 1.82) is 0 Å². The molecular weight excluding hydrogens is 360 g/mol. The summed E-state index contributed by atoms with van der Waals surface area (Å²) < 4.78 is 6.75. The largest absolute Gasteiger partial charge is 0.478 e. The summed E-state index contributed by atoms with van der Waals surface area (Å²) in [7, 11) is 0. The number of carbonyl (C=O) groups excluding carboxylic acids is 1. The molecule has 0 radical (unpaired) electrons. The fourth-order valence-electron chi connectivity index (χ4n) is 3.28. The number of benzene rings is 1. The van der Waals surface area contributed by atoms with Gasteiger partial charge in [-0.25, -0.2) is 14.3 Å². The number of aromatic carboxylic acids is 1. The molecule has 8 heteroatoms. The monoisotopic (exact) mass is 384 g/mol. The van der Waals surface area contributed by atoms with Gasteiger partial charge in [-0.3, -0.25) is 0 Å². The number of esters is 1. The number of hydrogen-bond acceptors (Lipinski definition) is 6. The molecule has 1 fully saturated rings. The average molecular weight is 384 g/mol. The number of ether oxygens (including phenoxy) is 1. The van der Waals surface area contributed by atoms with Gasteiger partial charge in [-0.05, 0) is 43.9 Å². The highest BCUT2D eigenvalue weighted by Crippen LogP contribution is 2.34. The Morgan fingerprint density at radius 1 is 1.29 bits per heavy atom. The molecule has 148 valence electrons. The van der Waals surface area contributed by atoms with Gasteiger partial charge in [-0.2, -0.15) is 0 Å². The highest BCUT2D eigenvalue weighted by molar-refractivity contribution is 5.87. The normalized spacial score (nSPS) is 16.6. The van der Waals surface area contributed by atoms with E-state index in [2.05, 4.69) is 21.8 Å². The number of piperidine rings is 1. The van der Waals surface area contributed by atoms with E-state index in [0.717, 1.165) is 37.2 Å². The Balaban J connectivity index is 1.68. The maximum absolute atomic E-state index is 11.4. The Bertz CT molecular complexity index is 859. The van der Waals surface area contributed by atoms with Crippen LogP contribution in [0.1, 0.15) is 48.1 Å². The third kappa shape index (κ3) is 4.57. The van der Waals surface area contributed by atoms with E-state index in [1.165, 1.54) is 0 Å². The van der Waals surface area contributed by atoms with Crippen LogP contribution in [0.5, 0.6) is 0 Å². The first-order valence-corrected chi connectivity index (χ1v) is 9.28. The lowest BCUT2D eigenvalue weighted by molar-refractivity contribution is -0.139. The van der Waals surface area contributed by atoms with E-state index < -0.39 is 11.9 Å². The number of nitrogens with zero attached hydrogens (tertiary/aromatic N) is 4. The smallest absolute Gasteiger partial charge is 0.335 e. The average Bonchev–Trinajstić information content (AvgIpc) is 3.16. The zero-order valence-electron chi connectivity index (χ0n) is 15.9. The summed E-state index contributed by atoms with van der Waals surface area (Å²) in [5.74, 6) is -0.582. The van der Waals surface area contributed by atoms with Crippen LogP contribution in [0.4, 0.5) is 5.82 Å². The van der Waals surface area contributed by atoms with Gasteiger partial charge < -0.3 is 14.7 Å². The molecule has 8 nitrogen and oxygen atoms in total. The summed E-state index contributed by atoms with van der Waals surface area (Å²) in [4.78, 5) is 24.7. The van der Waals surface area contributed by atoms with Crippen LogP contribution in [0.15, 0.2) is 42.6 Å². The molecule has 0 spiro atoms. The highest BCUT2D eigenvalue weighted by atomic mass is 16.5. The number of carbonyl (C=O) groups is 2. The number of hydrogen-bond donors (Lipinski definition) is 1. The lowest BCUT2D eigenvalue weighted by Gasteiger charge is -2.36. The number of aromatic nitrogens is 3. The quantitative estimate of drug-likeness (QED) is 0.579. The van der Waals surface area contributed by atoms with E-state index in [4.69, 9.17) is 9.84 Å². The van der Waals surface area contributed by atoms with Crippen molar-refractivity contribution in [1.82, 2.24) is 15.0 Å². The second-order valence-electron chi connectivity index (χ2n) is 6.89. The van der Waals surface area contributed by atoms with Crippen molar-refractivity contribution in [2.45, 2.75) is 38.8 Å². The molecule has 28 heavy (non-hydrogen) atoms. The Morgan fingerprint density at radius 3 is 2.71 bits per heavy atom. The van der Waals surface area contributed by atoms with E-state index in [0.29, 0.717) is 12.1 Å². The molecule has 1 aliphatic rings. The minimum atomic E-state index is -0.928. The standard InChI is InChI=1S/C20H24N4O4/c1-14(2)20(27)28-12-11-23-13-18(21-22-23)24-10-4-3-5-17(24)15-6-8-16(9-7-15)19(25)26/h6-9,13,17H,1,3-5,10-12H2,2H3,(H,25,26). The van der Waals surface area contributed by atoms with Gasteiger partial charge in [0, 0.05) is 12.1 Å². The topological polar surface area (TPSA) is 97.5 Å². The number of carboxylic acids is 1. The van der Waals surface area contributed by atoms with Gasteiger partial charge in [0.1, 0.15) is 6.61 Å². The van der Waals surface area contributed by atoms with Gasteiger partial charge in [0.2, 0.25) is 0 Å². The van der Waals surface area contributed by atoms with Gasteiger partial charge in [-0.1, -0.05) is 23.9 Å². The Hall–Kier alpha value is -3.16. The van der Waals surface area contributed by atoms with E-state index in [-0.39, 0.29) is 18.2 Å². The third-order valence-electron chi connectivity index (χ3n) is 4.77. The second kappa shape index (κ2) is 8.69. The van der Waals surface area contributed by atoms with Crippen LogP contribution < -0.4 is 4.90 Å². The van der Waals surface area contributed by atoms with Crippen LogP contribution in [-0.2, 0) is 16.1 Å². The fraction of sp³-hybridized carbons (Fsp3) is 0.400. The summed E-state index contributed by atoms with van der Waals surface area (Å²) in [6.07, 6.45) is 4.98. The summed E-state index contributed by atoms with van der Waals surface area (Å²) in [5, 5.41) is 17.5. The van der Waals surface area contributed by atoms with Gasteiger partial charge in [0.15, 0.2) is 5.82 Å². The maximum Gasteiger partial charge on any atom is 0.335 e. The molecule has 1 aromatic heterocycles. The van der Waals surface area contributed by atoms with Crippen LogP contribution >= 0.6 is 0 Å². The van der Waals surface area contributed by atoms with E-state index >= 15 is 0 Å². The van der Waals surface area contributed by atoms with Crippen molar-refractivity contribution in [3.05, 3.63) is 53.7 Å². The molecule has 1 atom stereocenters. The molecule has 0 amide bonds. The van der Waals surface area contributed by atoms with E-state index in [1.807, 2.05) is 18.3 Å². The van der Waals surface area contributed by atoms with Crippen LogP contribution in [0.25, 0.3) is 0 Å². The molecule has 0 bridgehead atoms. The maximum atomic E-state index is 11.4. The predicted octanol–water partition coefficient (Wildman–Crippen LogP) is 2.83. The number of carboxylic acid groups (broad SMARTS) is 1. The molecule has 3 rings (SSSR count). The van der Waals surface area contributed by atoms with E-state index in [1.54, 1.807) is 23.7 Å². The zero-order valence-corrected chi connectivity index (χ0v) is 15.9. The van der Waals surface area contributed by atoms with Crippen LogP contribution in [0, 0.1) is 0 Å². The zero-order chi connectivity index (χ0) is 20.1. The molecule has 1 aliphatic heterocycles. The van der Waals surface area contributed by atoms with Crippen molar-refractivity contribution in [2.24, 2.45) is 0 Å². The molecule has 0 aliphatic carbocycles. The van der Waals surface area contributed by atoms with Crippen molar-refractivity contribution >= 4 is 17.8 Å². The van der Waals surface area contributed by atoms with Crippen LogP contribution in [-0.4, -0.2) is 45.2 Å². The second-order valence-corrected chi connectivity index (χ2v) is 6.89. The van der Waals surface area contributed by atoms with Gasteiger partial charge in [-0.15, -0.1) is 5.10 Å². The third-order valence-corrected chi connectivity index (χ3v) is 4.77. The minimum absolute atomic E-state index is 0.128. The molecule has 0 saturated carbocycles. The number of anilines is 1. The van der Waals surface area contributed by atoms with Gasteiger partial charge >= 0.3 is 11.9 Å². The SMILES string of the molecule is C=C(C)C(=O)OCCn1cc(N2CCCCC2c2ccc(C(=O)O)cc2)nn1. The van der Waals surface area contributed by atoms with Gasteiger partial charge in [0.25, 0.3) is 0 Å². The van der Waals surface area contributed by atoms with Crippen molar-refractivity contribution in [3.63, 3.8) is 0 Å². The lowest BCUT2D eigenvalue weighted by atomic mass is 9.94. The Labute approximate surface area is 163 Å². The summed E-state index contributed by atoms with van der Waals surface area (Å²) in [6, 6.07) is 7.14. The van der Waals surface area contributed by atoms with E-state index in [9.17, 15) is 9.59 Å². The van der Waals surface area contributed by atoms with Crippen molar-refractivity contribution in [2.75, 3.05) is 18.1 Å². The molecule has 1 saturated heterocycles. The minimum Gasteiger partial charge on any atom is -0.478 e. The Morgan fingerprint density at radius 2 is 2.04 bits per heavy atom. The summed E-state index contributed by atoms with van der Waals surface area (Å²) >= 11 is 0. The van der Waals surface area contributed by atoms with Crippen LogP contribution in [0.2, 0.25) is 0 Å². The fourth-order valence-corrected chi connectivity index (χ4v) is 3.28. The molecule has 2 heterocycles.